The first-order valence-electron chi connectivity index (χ1n) is 13.1. The van der Waals surface area contributed by atoms with Gasteiger partial charge in [-0.3, -0.25) is 9.59 Å². The molecule has 0 spiro atoms. The van der Waals surface area contributed by atoms with E-state index in [9.17, 15) is 14.7 Å². The molecule has 39 heavy (non-hydrogen) atoms. The van der Waals surface area contributed by atoms with E-state index in [1.54, 1.807) is 30.3 Å². The monoisotopic (exact) mass is 540 g/mol. The maximum Gasteiger partial charge on any atom is 0.295 e. The van der Waals surface area contributed by atoms with Gasteiger partial charge in [-0.25, -0.2) is 0 Å². The Kier molecular flexibility index (Phi) is 10.2. The van der Waals surface area contributed by atoms with Crippen molar-refractivity contribution in [3.05, 3.63) is 52.6 Å². The number of likely N-dealkylation sites (tertiary alicyclic amines) is 1. The third-order valence-electron chi connectivity index (χ3n) is 6.75. The first-order chi connectivity index (χ1) is 18.7. The molecule has 212 valence electrons. The lowest BCUT2D eigenvalue weighted by Crippen LogP contribution is -2.32. The number of hydrogen-bond donors (Lipinski definition) is 1. The van der Waals surface area contributed by atoms with Crippen molar-refractivity contribution in [3.8, 4) is 23.0 Å². The van der Waals surface area contributed by atoms with E-state index in [0.29, 0.717) is 53.7 Å². The Balaban J connectivity index is 2.15. The summed E-state index contributed by atoms with van der Waals surface area (Å²) in [5.74, 6) is 0.228. The van der Waals surface area contributed by atoms with Crippen LogP contribution in [0.4, 0.5) is 0 Å². The van der Waals surface area contributed by atoms with Gasteiger partial charge in [0.05, 0.1) is 39.6 Å². The molecule has 1 saturated heterocycles. The molecule has 0 unspecified atom stereocenters. The van der Waals surface area contributed by atoms with Crippen molar-refractivity contribution in [2.75, 3.05) is 55.1 Å². The number of aryl methyl sites for hydroxylation is 1. The molecule has 1 amide bonds. The molecule has 2 aromatic carbocycles. The molecule has 0 aliphatic carbocycles. The number of rotatable bonds is 13. The number of unbranched alkanes of at least 4 members (excludes halogenated alkanes) is 1. The molecule has 1 atom stereocenters. The second-order valence-electron chi connectivity index (χ2n) is 9.79. The molecule has 0 saturated carbocycles. The lowest BCUT2D eigenvalue weighted by Gasteiger charge is -2.27. The van der Waals surface area contributed by atoms with Gasteiger partial charge >= 0.3 is 0 Å². The van der Waals surface area contributed by atoms with Crippen molar-refractivity contribution in [2.45, 2.75) is 39.2 Å². The molecule has 1 N–H and O–H groups in total. The largest absolute Gasteiger partial charge is 0.507 e. The molecular formula is C30H40N2O7. The van der Waals surface area contributed by atoms with E-state index >= 15 is 0 Å². The number of hydrogen-bond acceptors (Lipinski definition) is 8. The highest BCUT2D eigenvalue weighted by molar-refractivity contribution is 6.46. The molecule has 1 fully saturated rings. The van der Waals surface area contributed by atoms with Crippen LogP contribution >= 0.6 is 0 Å². The van der Waals surface area contributed by atoms with Crippen LogP contribution in [-0.2, 0) is 9.59 Å². The Hall–Kier alpha value is -3.72. The van der Waals surface area contributed by atoms with Crippen molar-refractivity contribution in [1.29, 1.82) is 0 Å². The average Bonchev–Trinajstić information content (AvgIpc) is 3.17. The van der Waals surface area contributed by atoms with Gasteiger partial charge in [0.25, 0.3) is 11.7 Å². The molecule has 0 radical (unpaired) electrons. The number of carbonyl (C=O) groups excluding carboxylic acids is 2. The third-order valence-corrected chi connectivity index (χ3v) is 6.75. The molecule has 0 aromatic heterocycles. The van der Waals surface area contributed by atoms with Crippen LogP contribution in [0, 0.1) is 6.92 Å². The number of nitrogens with zero attached hydrogens (tertiary/aromatic N) is 2. The van der Waals surface area contributed by atoms with Crippen molar-refractivity contribution in [1.82, 2.24) is 9.80 Å². The number of ketones is 1. The molecule has 1 heterocycles. The molecule has 1 aliphatic rings. The maximum atomic E-state index is 13.4. The molecule has 0 bridgehead atoms. The predicted octanol–water partition coefficient (Wildman–Crippen LogP) is 4.57. The Morgan fingerprint density at radius 3 is 2.18 bits per heavy atom. The quantitative estimate of drug-likeness (QED) is 0.171. The molecule has 9 nitrogen and oxygen atoms in total. The lowest BCUT2D eigenvalue weighted by molar-refractivity contribution is -0.139. The van der Waals surface area contributed by atoms with Crippen LogP contribution in [0.5, 0.6) is 23.0 Å². The van der Waals surface area contributed by atoms with E-state index in [4.69, 9.17) is 18.9 Å². The number of aliphatic hydroxyl groups is 1. The highest BCUT2D eigenvalue weighted by atomic mass is 16.5. The van der Waals surface area contributed by atoms with E-state index in [-0.39, 0.29) is 11.3 Å². The number of benzene rings is 2. The Labute approximate surface area is 230 Å². The summed E-state index contributed by atoms with van der Waals surface area (Å²) < 4.78 is 22.4. The zero-order chi connectivity index (χ0) is 28.7. The minimum atomic E-state index is -0.846. The number of amides is 1. The Bertz CT molecular complexity index is 1200. The first kappa shape index (κ1) is 29.8. The van der Waals surface area contributed by atoms with Gasteiger partial charge in [0.1, 0.15) is 11.5 Å². The summed E-state index contributed by atoms with van der Waals surface area (Å²) in [5.41, 5.74) is 1.82. The van der Waals surface area contributed by atoms with Crippen LogP contribution < -0.4 is 18.9 Å². The second kappa shape index (κ2) is 13.4. The summed E-state index contributed by atoms with van der Waals surface area (Å²) in [6, 6.07) is 7.82. The van der Waals surface area contributed by atoms with Gasteiger partial charge in [-0.15, -0.1) is 0 Å². The number of carbonyl (C=O) groups is 2. The first-order valence-corrected chi connectivity index (χ1v) is 13.1. The van der Waals surface area contributed by atoms with Crippen molar-refractivity contribution in [3.63, 3.8) is 0 Å². The van der Waals surface area contributed by atoms with Crippen molar-refractivity contribution in [2.24, 2.45) is 0 Å². The van der Waals surface area contributed by atoms with Gasteiger partial charge in [0, 0.05) is 12.1 Å². The predicted molar refractivity (Wildman–Crippen MR) is 150 cm³/mol. The summed E-state index contributed by atoms with van der Waals surface area (Å²) in [6.07, 6.45) is 2.60. The van der Waals surface area contributed by atoms with Crippen LogP contribution in [0.3, 0.4) is 0 Å². The third kappa shape index (κ3) is 6.47. The highest BCUT2D eigenvalue weighted by Crippen LogP contribution is 2.46. The summed E-state index contributed by atoms with van der Waals surface area (Å²) >= 11 is 0. The fraction of sp³-hybridized carbons (Fsp3) is 0.467. The zero-order valence-electron chi connectivity index (χ0n) is 24.0. The number of Topliss-reactive ketones (excluding diaryl/α,β-unsaturated/α-hetero) is 1. The van der Waals surface area contributed by atoms with Gasteiger partial charge in [0.15, 0.2) is 11.5 Å². The van der Waals surface area contributed by atoms with Crippen molar-refractivity contribution >= 4 is 17.4 Å². The maximum absolute atomic E-state index is 13.4. The molecule has 9 heteroatoms. The highest BCUT2D eigenvalue weighted by Gasteiger charge is 2.46. The average molecular weight is 541 g/mol. The van der Waals surface area contributed by atoms with Gasteiger partial charge in [-0.1, -0.05) is 13.3 Å². The normalized spacial score (nSPS) is 16.6. The Morgan fingerprint density at radius 1 is 0.974 bits per heavy atom. The molecule has 3 rings (SSSR count). The fourth-order valence-corrected chi connectivity index (χ4v) is 4.71. The SMILES string of the molecule is CCCCOc1ccc(/C(O)=C2\C(=O)C(=O)N(CCCN(C)C)[C@H]2c2cc(OC)c(OC)c(OC)c2)cc1C. The van der Waals surface area contributed by atoms with Crippen molar-refractivity contribution < 1.29 is 33.6 Å². The standard InChI is InChI=1S/C30H40N2O7/c1-8-9-15-39-22-12-11-20(16-19(22)2)27(33)25-26(32(30(35)28(25)34)14-10-13-31(3)4)21-17-23(36-5)29(38-7)24(18-21)37-6/h11-12,16-18,26,33H,8-10,13-15H2,1-7H3/b27-25+/t26-/m0/s1. The fourth-order valence-electron chi connectivity index (χ4n) is 4.71. The van der Waals surface area contributed by atoms with Crippen LogP contribution in [0.25, 0.3) is 5.76 Å². The summed E-state index contributed by atoms with van der Waals surface area (Å²) in [6.45, 7) is 5.63. The van der Waals surface area contributed by atoms with E-state index in [2.05, 4.69) is 6.92 Å². The minimum Gasteiger partial charge on any atom is -0.507 e. The Morgan fingerprint density at radius 2 is 1.64 bits per heavy atom. The second-order valence-corrected chi connectivity index (χ2v) is 9.79. The topological polar surface area (TPSA) is 97.8 Å². The van der Waals surface area contributed by atoms with E-state index < -0.39 is 17.7 Å². The molecule has 2 aromatic rings. The summed E-state index contributed by atoms with van der Waals surface area (Å²) in [5, 5.41) is 11.5. The van der Waals surface area contributed by atoms with Gasteiger partial charge in [-0.05, 0) is 81.9 Å². The molecular weight excluding hydrogens is 500 g/mol. The summed E-state index contributed by atoms with van der Waals surface area (Å²) in [4.78, 5) is 30.3. The van der Waals surface area contributed by atoms with Gasteiger partial charge in [0.2, 0.25) is 5.75 Å². The number of aliphatic hydroxyl groups excluding tert-OH is 1. The number of ether oxygens (including phenoxy) is 4. The number of methoxy groups -OCH3 is 3. The van der Waals surface area contributed by atoms with E-state index in [0.717, 1.165) is 24.9 Å². The zero-order valence-corrected chi connectivity index (χ0v) is 24.0. The summed E-state index contributed by atoms with van der Waals surface area (Å²) in [7, 11) is 8.40. The van der Waals surface area contributed by atoms with Crippen LogP contribution in [0.15, 0.2) is 35.9 Å². The van der Waals surface area contributed by atoms with Crippen LogP contribution in [0.2, 0.25) is 0 Å². The van der Waals surface area contributed by atoms with Crippen LogP contribution in [0.1, 0.15) is 48.9 Å². The van der Waals surface area contributed by atoms with Gasteiger partial charge in [-0.2, -0.15) is 0 Å². The lowest BCUT2D eigenvalue weighted by atomic mass is 9.94. The van der Waals surface area contributed by atoms with Gasteiger partial charge < -0.3 is 33.9 Å². The van der Waals surface area contributed by atoms with E-state index in [1.165, 1.54) is 26.2 Å². The van der Waals surface area contributed by atoms with Crippen LogP contribution in [-0.4, -0.2) is 81.7 Å². The molecule has 1 aliphatic heterocycles. The van der Waals surface area contributed by atoms with E-state index in [1.807, 2.05) is 25.9 Å². The smallest absolute Gasteiger partial charge is 0.295 e. The minimum absolute atomic E-state index is 0.0122.